The van der Waals surface area contributed by atoms with Crippen LogP contribution in [0.1, 0.15) is 58.2 Å². The number of phenolic OH excluding ortho intramolecular Hbond substituents is 1. The number of H-pyrrole nitrogens is 1. The molecule has 2 heterocycles. The molecule has 0 spiro atoms. The molecule has 0 bridgehead atoms. The molecule has 0 saturated carbocycles. The summed E-state index contributed by atoms with van der Waals surface area (Å²) in [5.74, 6) is 0.433. The summed E-state index contributed by atoms with van der Waals surface area (Å²) in [6.45, 7) is 12.4. The van der Waals surface area contributed by atoms with Gasteiger partial charge in [-0.05, 0) is 46.4 Å². The fourth-order valence-electron chi connectivity index (χ4n) is 2.86. The first-order valence-corrected chi connectivity index (χ1v) is 9.80. The van der Waals surface area contributed by atoms with Crippen LogP contribution in [0.4, 0.5) is 5.95 Å². The number of hydrogen-bond acceptors (Lipinski definition) is 6. The molecule has 7 nitrogen and oxygen atoms in total. The minimum atomic E-state index is -0.234. The van der Waals surface area contributed by atoms with Crippen LogP contribution in [0.2, 0.25) is 0 Å². The normalized spacial score (nSPS) is 18.1. The van der Waals surface area contributed by atoms with Gasteiger partial charge in [-0.15, -0.1) is 0 Å². The van der Waals surface area contributed by atoms with E-state index in [4.69, 9.17) is 0 Å². The number of amidine groups is 1. The Morgan fingerprint density at radius 3 is 2.21 bits per heavy atom. The van der Waals surface area contributed by atoms with E-state index in [0.29, 0.717) is 21.8 Å². The summed E-state index contributed by atoms with van der Waals surface area (Å²) in [4.78, 5) is 21.1. The predicted molar refractivity (Wildman–Crippen MR) is 113 cm³/mol. The molecule has 0 unspecified atom stereocenters. The van der Waals surface area contributed by atoms with Gasteiger partial charge in [0.25, 0.3) is 5.91 Å². The highest BCUT2D eigenvalue weighted by molar-refractivity contribution is 8.18. The number of phenols is 1. The largest absolute Gasteiger partial charge is 0.507 e. The molecule has 1 aliphatic heterocycles. The van der Waals surface area contributed by atoms with Gasteiger partial charge in [-0.2, -0.15) is 15.1 Å². The highest BCUT2D eigenvalue weighted by atomic mass is 32.2. The lowest BCUT2D eigenvalue weighted by molar-refractivity contribution is -0.115. The number of carbonyl (C=O) groups excluding carboxylic acids is 1. The Kier molecular flexibility index (Phi) is 5.10. The first-order valence-electron chi connectivity index (χ1n) is 8.98. The molecule has 1 aromatic carbocycles. The zero-order chi connectivity index (χ0) is 20.7. The molecule has 28 heavy (non-hydrogen) atoms. The van der Waals surface area contributed by atoms with E-state index >= 15 is 0 Å². The Morgan fingerprint density at radius 1 is 1.11 bits per heavy atom. The van der Waals surface area contributed by atoms with E-state index in [1.165, 1.54) is 18.1 Å². The molecule has 1 aromatic heterocycles. The molecule has 0 radical (unpaired) electrons. The third kappa shape index (κ3) is 4.27. The average Bonchev–Trinajstić information content (AvgIpc) is 3.17. The Morgan fingerprint density at radius 2 is 1.71 bits per heavy atom. The number of amides is 1. The van der Waals surface area contributed by atoms with Crippen molar-refractivity contribution in [3.05, 3.63) is 40.1 Å². The quantitative estimate of drug-likeness (QED) is 0.662. The molecule has 3 rings (SSSR count). The molecule has 2 aromatic rings. The van der Waals surface area contributed by atoms with Gasteiger partial charge in [0.2, 0.25) is 5.95 Å². The van der Waals surface area contributed by atoms with Crippen molar-refractivity contribution in [1.82, 2.24) is 20.5 Å². The van der Waals surface area contributed by atoms with Gasteiger partial charge in [0, 0.05) is 11.1 Å². The van der Waals surface area contributed by atoms with Crippen molar-refractivity contribution in [2.45, 2.75) is 52.4 Å². The van der Waals surface area contributed by atoms with Gasteiger partial charge in [0.1, 0.15) is 12.1 Å². The number of thioether (sulfide) groups is 1. The fourth-order valence-corrected chi connectivity index (χ4v) is 3.69. The Labute approximate surface area is 168 Å². The topological polar surface area (TPSA) is 103 Å². The minimum Gasteiger partial charge on any atom is -0.507 e. The van der Waals surface area contributed by atoms with Gasteiger partial charge in [-0.3, -0.25) is 4.79 Å². The maximum Gasteiger partial charge on any atom is 0.264 e. The van der Waals surface area contributed by atoms with E-state index in [1.54, 1.807) is 0 Å². The van der Waals surface area contributed by atoms with Crippen LogP contribution in [0.3, 0.4) is 0 Å². The van der Waals surface area contributed by atoms with Crippen molar-refractivity contribution in [1.29, 1.82) is 0 Å². The lowest BCUT2D eigenvalue weighted by Crippen LogP contribution is -2.19. The lowest BCUT2D eigenvalue weighted by atomic mass is 9.78. The van der Waals surface area contributed by atoms with Crippen LogP contribution in [-0.2, 0) is 15.6 Å². The number of carbonyl (C=O) groups is 1. The van der Waals surface area contributed by atoms with E-state index in [-0.39, 0.29) is 16.7 Å². The average molecular weight is 400 g/mol. The Bertz CT molecular complexity index is 928. The number of aromatic nitrogens is 3. The maximum absolute atomic E-state index is 12.4. The first-order chi connectivity index (χ1) is 12.9. The van der Waals surface area contributed by atoms with E-state index in [9.17, 15) is 9.90 Å². The molecule has 1 aliphatic rings. The van der Waals surface area contributed by atoms with E-state index < -0.39 is 0 Å². The van der Waals surface area contributed by atoms with Crippen molar-refractivity contribution >= 4 is 34.9 Å². The summed E-state index contributed by atoms with van der Waals surface area (Å²) in [6.07, 6.45) is 3.18. The van der Waals surface area contributed by atoms with E-state index in [2.05, 4.69) is 67.0 Å². The number of benzene rings is 1. The predicted octanol–water partition coefficient (Wildman–Crippen LogP) is 4.00. The molecule has 1 fully saturated rings. The minimum absolute atomic E-state index is 0.217. The summed E-state index contributed by atoms with van der Waals surface area (Å²) in [5.41, 5.74) is 2.10. The number of aromatic amines is 1. The Hall–Kier alpha value is -2.61. The van der Waals surface area contributed by atoms with Crippen LogP contribution in [-0.4, -0.2) is 31.4 Å². The van der Waals surface area contributed by atoms with Crippen molar-refractivity contribution in [2.24, 2.45) is 4.99 Å². The van der Waals surface area contributed by atoms with Gasteiger partial charge in [-0.1, -0.05) is 41.5 Å². The van der Waals surface area contributed by atoms with Gasteiger partial charge in [-0.25, -0.2) is 5.10 Å². The van der Waals surface area contributed by atoms with Gasteiger partial charge in [0.05, 0.1) is 4.91 Å². The molecule has 1 saturated heterocycles. The van der Waals surface area contributed by atoms with Crippen LogP contribution in [0.5, 0.6) is 5.75 Å². The second-order valence-corrected chi connectivity index (χ2v) is 9.79. The summed E-state index contributed by atoms with van der Waals surface area (Å²) in [5, 5.41) is 20.4. The Balaban J connectivity index is 2.03. The highest BCUT2D eigenvalue weighted by Crippen LogP contribution is 2.40. The molecule has 1 amide bonds. The van der Waals surface area contributed by atoms with Crippen molar-refractivity contribution in [3.8, 4) is 5.75 Å². The number of rotatable bonds is 2. The van der Waals surface area contributed by atoms with Crippen LogP contribution in [0.15, 0.2) is 28.4 Å². The number of aromatic hydroxyl groups is 1. The number of nitrogens with one attached hydrogen (secondary N) is 2. The van der Waals surface area contributed by atoms with Gasteiger partial charge >= 0.3 is 0 Å². The first kappa shape index (κ1) is 20.1. The smallest absolute Gasteiger partial charge is 0.264 e. The van der Waals surface area contributed by atoms with Crippen molar-refractivity contribution < 1.29 is 9.90 Å². The second kappa shape index (κ2) is 7.09. The van der Waals surface area contributed by atoms with E-state index in [1.807, 2.05) is 18.2 Å². The van der Waals surface area contributed by atoms with Gasteiger partial charge < -0.3 is 10.4 Å². The molecular weight excluding hydrogens is 374 g/mol. The summed E-state index contributed by atoms with van der Waals surface area (Å²) >= 11 is 1.24. The number of hydrogen-bond donors (Lipinski definition) is 3. The zero-order valence-electron chi connectivity index (χ0n) is 16.9. The maximum atomic E-state index is 12.4. The third-order valence-corrected chi connectivity index (χ3v) is 5.22. The summed E-state index contributed by atoms with van der Waals surface area (Å²) in [7, 11) is 0. The van der Waals surface area contributed by atoms with Crippen molar-refractivity contribution in [3.63, 3.8) is 0 Å². The van der Waals surface area contributed by atoms with Crippen LogP contribution in [0.25, 0.3) is 6.08 Å². The van der Waals surface area contributed by atoms with E-state index in [0.717, 1.165) is 16.7 Å². The van der Waals surface area contributed by atoms with Gasteiger partial charge in [0.15, 0.2) is 5.17 Å². The number of aliphatic imine (C=N–C) groups is 1. The number of nitrogens with zero attached hydrogens (tertiary/aromatic N) is 3. The van der Waals surface area contributed by atoms with Crippen LogP contribution in [0, 0.1) is 0 Å². The van der Waals surface area contributed by atoms with Crippen LogP contribution < -0.4 is 5.32 Å². The molecule has 8 heteroatoms. The summed E-state index contributed by atoms with van der Waals surface area (Å²) < 4.78 is 0. The third-order valence-electron chi connectivity index (χ3n) is 4.31. The molecule has 148 valence electrons. The zero-order valence-corrected chi connectivity index (χ0v) is 17.7. The lowest BCUT2D eigenvalue weighted by Gasteiger charge is -2.28. The van der Waals surface area contributed by atoms with Crippen LogP contribution >= 0.6 is 11.8 Å². The SMILES string of the molecule is CC(C)(C)c1cc(/C=C2\S/C(=N/c3ncn[nH]3)NC2=O)cc(C(C)(C)C)c1O. The monoisotopic (exact) mass is 399 g/mol. The molecule has 0 aliphatic carbocycles. The molecule has 3 N–H and O–H groups in total. The molecular formula is C20H25N5O2S. The highest BCUT2D eigenvalue weighted by Gasteiger charge is 2.28. The standard InChI is InChI=1S/C20H25N5O2S/c1-19(2,3)12-7-11(8-13(15(12)26)20(4,5)6)9-14-16(27)23-18(28-14)24-17-21-10-22-25-17/h7-10,26H,1-6H3,(H2,21,22,23,24,25,27)/b14-9-. The van der Waals surface area contributed by atoms with Crippen molar-refractivity contribution in [2.75, 3.05) is 0 Å². The fraction of sp³-hybridized carbons (Fsp3) is 0.400. The molecule has 0 atom stereocenters. The summed E-state index contributed by atoms with van der Waals surface area (Å²) in [6, 6.07) is 3.88. The second-order valence-electron chi connectivity index (χ2n) is 8.76.